The third-order valence-corrected chi connectivity index (χ3v) is 10.1. The van der Waals surface area contributed by atoms with Crippen molar-refractivity contribution in [2.75, 3.05) is 6.16 Å². The van der Waals surface area contributed by atoms with Gasteiger partial charge in [0.1, 0.15) is 23.2 Å². The second kappa shape index (κ2) is 9.90. The summed E-state index contributed by atoms with van der Waals surface area (Å²) in [6, 6.07) is 41.1. The van der Waals surface area contributed by atoms with Gasteiger partial charge in [-0.25, -0.2) is 0 Å². The monoisotopic (exact) mass is 427 g/mol. The highest BCUT2D eigenvalue weighted by Gasteiger charge is 2.44. The Hall–Kier alpha value is -2.66. The number of hydrogen-bond acceptors (Lipinski definition) is 0. The van der Waals surface area contributed by atoms with Crippen molar-refractivity contribution < 1.29 is 0 Å². The Morgan fingerprint density at radius 1 is 0.567 bits per heavy atom. The van der Waals surface area contributed by atoms with Gasteiger partial charge in [-0.2, -0.15) is 0 Å². The highest BCUT2D eigenvalue weighted by molar-refractivity contribution is 7.95. The molecule has 0 N–H and O–H groups in total. The van der Waals surface area contributed by atoms with Gasteiger partial charge in [0, 0.05) is 11.4 Å². The van der Waals surface area contributed by atoms with Gasteiger partial charge in [0.15, 0.2) is 0 Å². The Balaban J connectivity index is 1.74. The minimum Gasteiger partial charge on any atom is -0.0843 e. The fourth-order valence-corrected chi connectivity index (χ4v) is 8.32. The van der Waals surface area contributed by atoms with Crippen LogP contribution in [0.5, 0.6) is 0 Å². The van der Waals surface area contributed by atoms with Crippen LogP contribution in [0, 0.1) is 0 Å². The summed E-state index contributed by atoms with van der Waals surface area (Å²) in [5.41, 5.74) is 1.18. The average Bonchev–Trinajstić information content (AvgIpc) is 2.82. The van der Waals surface area contributed by atoms with Gasteiger partial charge in [0.25, 0.3) is 0 Å². The van der Waals surface area contributed by atoms with Crippen molar-refractivity contribution in [3.63, 3.8) is 0 Å². The van der Waals surface area contributed by atoms with E-state index in [-0.39, 0.29) is 0 Å². The number of benzene rings is 4. The first-order valence-electron chi connectivity index (χ1n) is 10.3. The second-order valence-corrected chi connectivity index (χ2v) is 11.3. The van der Waals surface area contributed by atoms with Crippen molar-refractivity contribution >= 4 is 40.9 Å². The van der Waals surface area contributed by atoms with Crippen LogP contribution in [0.25, 0.3) is 6.08 Å². The van der Waals surface area contributed by atoms with Crippen molar-refractivity contribution in [1.82, 2.24) is 0 Å². The lowest BCUT2D eigenvalue weighted by molar-refractivity contribution is 1.24. The Labute approximate surface area is 185 Å². The maximum atomic E-state index is 6.02. The van der Waals surface area contributed by atoms with Crippen LogP contribution < -0.4 is 15.9 Å². The molecule has 0 atom stereocenters. The molecule has 148 valence electrons. The van der Waals surface area contributed by atoms with Crippen LogP contribution in [0.3, 0.4) is 0 Å². The van der Waals surface area contributed by atoms with Gasteiger partial charge in [-0.3, -0.25) is 0 Å². The molecule has 0 nitrogen and oxygen atoms in total. The number of hydrogen-bond donors (Lipinski definition) is 0. The molecular formula is C28H25ClP+. The zero-order valence-electron chi connectivity index (χ0n) is 16.9. The molecule has 0 aliphatic rings. The summed E-state index contributed by atoms with van der Waals surface area (Å²) in [7, 11) is -1.75. The molecule has 0 amide bonds. The van der Waals surface area contributed by atoms with Gasteiger partial charge in [0.2, 0.25) is 0 Å². The summed E-state index contributed by atoms with van der Waals surface area (Å²) < 4.78 is 0. The standard InChI is InChI=1S/C28H25ClP/c29-25-21-19-24(20-22-25)12-10-11-23-30(26-13-4-1-5-14-26,27-15-6-2-7-16-27)28-17-8-3-9-18-28/h1-10,12-22H,11,23H2/q+1/b12-10+. The summed E-state index contributed by atoms with van der Waals surface area (Å²) in [6.45, 7) is 0. The summed E-state index contributed by atoms with van der Waals surface area (Å²) >= 11 is 6.02. The molecule has 0 fully saturated rings. The molecule has 0 radical (unpaired) electrons. The molecule has 0 unspecified atom stereocenters. The van der Waals surface area contributed by atoms with E-state index in [1.165, 1.54) is 21.5 Å². The highest BCUT2D eigenvalue weighted by atomic mass is 35.5. The molecule has 0 saturated heterocycles. The molecular weight excluding hydrogens is 403 g/mol. The number of rotatable bonds is 7. The van der Waals surface area contributed by atoms with Gasteiger partial charge in [0.05, 0.1) is 6.16 Å². The minimum absolute atomic E-state index is 0.773. The molecule has 0 aromatic heterocycles. The van der Waals surface area contributed by atoms with Gasteiger partial charge in [-0.1, -0.05) is 90.5 Å². The number of allylic oxidation sites excluding steroid dienone is 1. The predicted molar refractivity (Wildman–Crippen MR) is 135 cm³/mol. The normalized spacial score (nSPS) is 11.6. The summed E-state index contributed by atoms with van der Waals surface area (Å²) in [5, 5.41) is 5.07. The molecule has 4 aromatic rings. The lowest BCUT2D eigenvalue weighted by Crippen LogP contribution is -2.33. The molecule has 4 aromatic carbocycles. The molecule has 0 heterocycles. The van der Waals surface area contributed by atoms with Crippen LogP contribution in [0.4, 0.5) is 0 Å². The van der Waals surface area contributed by atoms with E-state index in [1.807, 2.05) is 12.1 Å². The van der Waals surface area contributed by atoms with E-state index >= 15 is 0 Å². The molecule has 0 aliphatic carbocycles. The summed E-state index contributed by atoms with van der Waals surface area (Å²) in [5.74, 6) is 0. The van der Waals surface area contributed by atoms with Gasteiger partial charge in [-0.05, 0) is 54.1 Å². The SMILES string of the molecule is Clc1ccc(/C=C/CC[P+](c2ccccc2)(c2ccccc2)c2ccccc2)cc1. The van der Waals surface area contributed by atoms with E-state index < -0.39 is 7.26 Å². The van der Waals surface area contributed by atoms with Crippen LogP contribution >= 0.6 is 18.9 Å². The molecule has 2 heteroatoms. The minimum atomic E-state index is -1.75. The van der Waals surface area contributed by atoms with Gasteiger partial charge in [-0.15, -0.1) is 0 Å². The van der Waals surface area contributed by atoms with Crippen molar-refractivity contribution in [2.45, 2.75) is 6.42 Å². The third-order valence-electron chi connectivity index (χ3n) is 5.40. The van der Waals surface area contributed by atoms with Gasteiger partial charge >= 0.3 is 0 Å². The van der Waals surface area contributed by atoms with Crippen molar-refractivity contribution in [3.05, 3.63) is 132 Å². The van der Waals surface area contributed by atoms with E-state index in [2.05, 4.69) is 115 Å². The number of halogens is 1. The lowest BCUT2D eigenvalue weighted by Gasteiger charge is -2.27. The van der Waals surface area contributed by atoms with E-state index in [0.29, 0.717) is 0 Å². The Kier molecular flexibility index (Phi) is 6.80. The maximum absolute atomic E-state index is 6.02. The largest absolute Gasteiger partial charge is 0.112 e. The first-order chi connectivity index (χ1) is 14.8. The summed E-state index contributed by atoms with van der Waals surface area (Å²) in [6.07, 6.45) is 6.60. The molecule has 0 saturated carbocycles. The van der Waals surface area contributed by atoms with Gasteiger partial charge < -0.3 is 0 Å². The van der Waals surface area contributed by atoms with E-state index in [1.54, 1.807) is 0 Å². The van der Waals surface area contributed by atoms with Crippen molar-refractivity contribution in [3.8, 4) is 0 Å². The quantitative estimate of drug-likeness (QED) is 0.286. The Morgan fingerprint density at radius 3 is 1.43 bits per heavy atom. The van der Waals surface area contributed by atoms with Crippen LogP contribution in [0.15, 0.2) is 121 Å². The second-order valence-electron chi connectivity index (χ2n) is 7.28. The molecule has 0 spiro atoms. The molecule has 0 bridgehead atoms. The van der Waals surface area contributed by atoms with E-state index in [9.17, 15) is 0 Å². The van der Waals surface area contributed by atoms with E-state index in [4.69, 9.17) is 11.6 Å². The zero-order valence-corrected chi connectivity index (χ0v) is 18.5. The predicted octanol–water partition coefficient (Wildman–Crippen LogP) is 6.74. The van der Waals surface area contributed by atoms with Crippen LogP contribution in [-0.2, 0) is 0 Å². The highest BCUT2D eigenvalue weighted by Crippen LogP contribution is 2.55. The topological polar surface area (TPSA) is 0 Å². The first kappa shape index (κ1) is 20.6. The third kappa shape index (κ3) is 4.57. The van der Waals surface area contributed by atoms with Crippen LogP contribution in [0.2, 0.25) is 5.02 Å². The zero-order chi connectivity index (χ0) is 20.7. The smallest absolute Gasteiger partial charge is 0.0843 e. The van der Waals surface area contributed by atoms with Crippen LogP contribution in [0.1, 0.15) is 12.0 Å². The van der Waals surface area contributed by atoms with Crippen molar-refractivity contribution in [1.29, 1.82) is 0 Å². The summed E-state index contributed by atoms with van der Waals surface area (Å²) in [4.78, 5) is 0. The average molecular weight is 428 g/mol. The first-order valence-corrected chi connectivity index (χ1v) is 12.6. The molecule has 30 heavy (non-hydrogen) atoms. The lowest BCUT2D eigenvalue weighted by atomic mass is 10.2. The van der Waals surface area contributed by atoms with Crippen molar-refractivity contribution in [2.24, 2.45) is 0 Å². The molecule has 4 rings (SSSR count). The maximum Gasteiger partial charge on any atom is 0.112 e. The molecule has 0 aliphatic heterocycles. The Morgan fingerprint density at radius 2 is 1.00 bits per heavy atom. The van der Waals surface area contributed by atoms with E-state index in [0.717, 1.165) is 17.6 Å². The fraction of sp³-hybridized carbons (Fsp3) is 0.0714. The van der Waals surface area contributed by atoms with Crippen LogP contribution in [-0.4, -0.2) is 6.16 Å². The fourth-order valence-electron chi connectivity index (χ4n) is 3.94. The Bertz CT molecular complexity index is 975.